The first kappa shape index (κ1) is 11.5. The average Bonchev–Trinajstić information content (AvgIpc) is 1.67. The summed E-state index contributed by atoms with van der Waals surface area (Å²) in [6.45, 7) is 3.65. The van der Waals surface area contributed by atoms with E-state index in [2.05, 4.69) is 22.4 Å². The molecule has 0 unspecified atom stereocenters. The molecule has 0 saturated heterocycles. The minimum atomic E-state index is -0.211. The first-order valence-electron chi connectivity index (χ1n) is 2.38. The molecule has 0 aliphatic carbocycles. The Morgan fingerprint density at radius 2 is 2.22 bits per heavy atom. The van der Waals surface area contributed by atoms with Gasteiger partial charge in [0, 0.05) is 6.92 Å². The van der Waals surface area contributed by atoms with Gasteiger partial charge < -0.3 is 4.74 Å². The predicted octanol–water partition coefficient (Wildman–Crippen LogP) is 0.173. The van der Waals surface area contributed by atoms with Crippen molar-refractivity contribution in [1.82, 2.24) is 4.94 Å². The van der Waals surface area contributed by atoms with E-state index >= 15 is 0 Å². The van der Waals surface area contributed by atoms with E-state index in [1.807, 2.05) is 0 Å². The lowest BCUT2D eigenvalue weighted by Crippen LogP contribution is -2.05. The fourth-order valence-electron chi connectivity index (χ4n) is 0.203. The van der Waals surface area contributed by atoms with Gasteiger partial charge in [0.05, 0.1) is 6.61 Å². The molecule has 0 aromatic rings. The zero-order chi connectivity index (χ0) is 7.70. The highest BCUT2D eigenvalue weighted by atomic mass is 35.5. The molecule has 0 spiro atoms. The van der Waals surface area contributed by atoms with Crippen molar-refractivity contribution in [1.29, 1.82) is 0 Å². The van der Waals surface area contributed by atoms with Gasteiger partial charge in [0.1, 0.15) is 0 Å². The number of ether oxygens (including phenoxy) is 1. The number of carbonyl (C=O) groups is 1. The van der Waals surface area contributed by atoms with Crippen molar-refractivity contribution in [3.05, 3.63) is 0 Å². The van der Waals surface area contributed by atoms with Crippen LogP contribution in [0, 0.1) is 0 Å². The second-order valence-corrected chi connectivity index (χ2v) is 1.25. The van der Waals surface area contributed by atoms with Crippen molar-refractivity contribution in [2.24, 2.45) is 5.84 Å². The molecular formula is C4H11ClN2O2. The normalized spacial score (nSPS) is 7.11. The predicted molar refractivity (Wildman–Crippen MR) is 35.5 cm³/mol. The van der Waals surface area contributed by atoms with Crippen LogP contribution < -0.4 is 10.8 Å². The second kappa shape index (κ2) is 10.6. The molecule has 3 N–H and O–H groups in total. The van der Waals surface area contributed by atoms with Crippen molar-refractivity contribution in [3.63, 3.8) is 0 Å². The Morgan fingerprint density at radius 1 is 1.89 bits per heavy atom. The van der Waals surface area contributed by atoms with Gasteiger partial charge in [-0.2, -0.15) is 4.94 Å². The van der Waals surface area contributed by atoms with Crippen molar-refractivity contribution in [2.45, 2.75) is 13.8 Å². The number of carbonyl (C=O) groups excluding carboxylic acids is 1. The molecule has 5 heteroatoms. The molecular weight excluding hydrogens is 144 g/mol. The summed E-state index contributed by atoms with van der Waals surface area (Å²) in [6.07, 6.45) is 0. The van der Waals surface area contributed by atoms with Crippen molar-refractivity contribution in [2.75, 3.05) is 6.61 Å². The highest BCUT2D eigenvalue weighted by molar-refractivity contribution is 6.12. The van der Waals surface area contributed by atoms with Crippen LogP contribution in [0.5, 0.6) is 0 Å². The van der Waals surface area contributed by atoms with Crippen LogP contribution in [0.4, 0.5) is 0 Å². The number of nitrogens with one attached hydrogen (secondary N) is 1. The fraction of sp³-hybridized carbons (Fsp3) is 0.750. The maximum atomic E-state index is 9.82. The maximum Gasteiger partial charge on any atom is 0.302 e. The number of hydrogen-bond donors (Lipinski definition) is 2. The summed E-state index contributed by atoms with van der Waals surface area (Å²) >= 11 is 4.53. The monoisotopic (exact) mass is 154 g/mol. The largest absolute Gasteiger partial charge is 0.466 e. The van der Waals surface area contributed by atoms with Crippen LogP contribution in [-0.4, -0.2) is 12.6 Å². The van der Waals surface area contributed by atoms with Crippen molar-refractivity contribution in [3.8, 4) is 0 Å². The number of hydrogen-bond acceptors (Lipinski definition) is 4. The number of esters is 1. The number of nitrogens with two attached hydrogens (primary N) is 1. The third-order valence-corrected chi connectivity index (χ3v) is 0.348. The van der Waals surface area contributed by atoms with Gasteiger partial charge in [-0.15, -0.1) is 0 Å². The molecule has 56 valence electrons. The maximum absolute atomic E-state index is 9.82. The molecule has 0 saturated carbocycles. The lowest BCUT2D eigenvalue weighted by molar-refractivity contribution is -0.140. The Labute approximate surface area is 59.4 Å². The smallest absolute Gasteiger partial charge is 0.302 e. The Kier molecular flexibility index (Phi) is 13.5. The van der Waals surface area contributed by atoms with E-state index in [0.717, 1.165) is 0 Å². The number of rotatable bonds is 1. The van der Waals surface area contributed by atoms with Crippen LogP contribution in [0.2, 0.25) is 0 Å². The van der Waals surface area contributed by atoms with E-state index in [9.17, 15) is 4.79 Å². The van der Waals surface area contributed by atoms with E-state index in [0.29, 0.717) is 6.61 Å². The van der Waals surface area contributed by atoms with E-state index < -0.39 is 0 Å². The summed E-state index contributed by atoms with van der Waals surface area (Å²) in [7, 11) is 0. The number of hydrazine groups is 1. The van der Waals surface area contributed by atoms with Gasteiger partial charge in [0.25, 0.3) is 0 Å². The highest BCUT2D eigenvalue weighted by Gasteiger charge is 1.81. The van der Waals surface area contributed by atoms with Gasteiger partial charge in [-0.25, -0.2) is 0 Å². The van der Waals surface area contributed by atoms with Gasteiger partial charge in [-0.3, -0.25) is 10.6 Å². The Morgan fingerprint density at radius 3 is 2.22 bits per heavy atom. The Bertz CT molecular complexity index is 69.6. The summed E-state index contributed by atoms with van der Waals surface area (Å²) in [6, 6.07) is 0. The van der Waals surface area contributed by atoms with Crippen LogP contribution in [0.3, 0.4) is 0 Å². The molecule has 0 radical (unpaired) electrons. The quantitative estimate of drug-likeness (QED) is 0.245. The summed E-state index contributed by atoms with van der Waals surface area (Å²) < 4.78 is 4.40. The van der Waals surface area contributed by atoms with Gasteiger partial charge in [-0.05, 0) is 18.7 Å². The molecule has 0 aromatic carbocycles. The lowest BCUT2D eigenvalue weighted by Gasteiger charge is -1.89. The molecule has 9 heavy (non-hydrogen) atoms. The molecule has 0 atom stereocenters. The molecule has 0 aliphatic rings. The van der Waals surface area contributed by atoms with Crippen LogP contribution >= 0.6 is 11.8 Å². The molecule has 0 aliphatic heterocycles. The Balaban J connectivity index is 0. The van der Waals surface area contributed by atoms with Crippen LogP contribution in [-0.2, 0) is 9.53 Å². The van der Waals surface area contributed by atoms with E-state index in [1.165, 1.54) is 6.92 Å². The zero-order valence-electron chi connectivity index (χ0n) is 5.48. The molecule has 0 amide bonds. The molecule has 4 nitrogen and oxygen atoms in total. The molecule has 0 rings (SSSR count). The fourth-order valence-corrected chi connectivity index (χ4v) is 0.203. The molecule has 0 heterocycles. The summed E-state index contributed by atoms with van der Waals surface area (Å²) in [5.41, 5.74) is 0. The summed E-state index contributed by atoms with van der Waals surface area (Å²) in [5.74, 6) is 4.15. The zero-order valence-corrected chi connectivity index (χ0v) is 6.23. The first-order chi connectivity index (χ1) is 4.18. The SMILES string of the molecule is CCOC(C)=O.NNCl. The van der Waals surface area contributed by atoms with Crippen LogP contribution in [0.15, 0.2) is 0 Å². The first-order valence-corrected chi connectivity index (χ1v) is 2.76. The van der Waals surface area contributed by atoms with Gasteiger partial charge in [-0.1, -0.05) is 0 Å². The topological polar surface area (TPSA) is 64.3 Å². The molecule has 0 aromatic heterocycles. The van der Waals surface area contributed by atoms with Crippen LogP contribution in [0.25, 0.3) is 0 Å². The van der Waals surface area contributed by atoms with Crippen LogP contribution in [0.1, 0.15) is 13.8 Å². The lowest BCUT2D eigenvalue weighted by atomic mass is 10.8. The van der Waals surface area contributed by atoms with Gasteiger partial charge in [0.15, 0.2) is 0 Å². The highest BCUT2D eigenvalue weighted by Crippen LogP contribution is 1.69. The summed E-state index contributed by atoms with van der Waals surface area (Å²) in [5, 5.41) is 0. The van der Waals surface area contributed by atoms with E-state index in [-0.39, 0.29) is 5.97 Å². The molecule has 0 bridgehead atoms. The average molecular weight is 155 g/mol. The number of halogens is 1. The van der Waals surface area contributed by atoms with E-state index in [1.54, 1.807) is 11.9 Å². The van der Waals surface area contributed by atoms with Crippen molar-refractivity contribution >= 4 is 17.7 Å². The third-order valence-electron chi connectivity index (χ3n) is 0.348. The standard InChI is InChI=1S/C4H8O2.ClH3N2/c1-3-6-4(2)5;1-3-2/h3H2,1-2H3;3H,2H2. The van der Waals surface area contributed by atoms with E-state index in [4.69, 9.17) is 0 Å². The Hall–Kier alpha value is -0.320. The third kappa shape index (κ3) is 34.5. The molecule has 0 fully saturated rings. The summed E-state index contributed by atoms with van der Waals surface area (Å²) in [4.78, 5) is 11.5. The van der Waals surface area contributed by atoms with Crippen molar-refractivity contribution < 1.29 is 9.53 Å². The minimum Gasteiger partial charge on any atom is -0.466 e. The minimum absolute atomic E-state index is 0.211. The van der Waals surface area contributed by atoms with Gasteiger partial charge in [0.2, 0.25) is 0 Å². The second-order valence-electron chi connectivity index (χ2n) is 1.03. The van der Waals surface area contributed by atoms with Gasteiger partial charge >= 0.3 is 5.97 Å².